The van der Waals surface area contributed by atoms with Crippen LogP contribution in [0.5, 0.6) is 17.2 Å². The van der Waals surface area contributed by atoms with Gasteiger partial charge >= 0.3 is 53.7 Å². The van der Waals surface area contributed by atoms with E-state index in [1.807, 2.05) is 50.2 Å². The van der Waals surface area contributed by atoms with Gasteiger partial charge in [-0.1, -0.05) is 106 Å². The molecule has 4 fully saturated rings. The van der Waals surface area contributed by atoms with Gasteiger partial charge in [0.15, 0.2) is 0 Å². The zero-order valence-electron chi connectivity index (χ0n) is 67.4. The quantitative estimate of drug-likeness (QED) is 0.0200. The number of carbonyl (C=O) groups is 13. The van der Waals surface area contributed by atoms with E-state index in [2.05, 4.69) is 19.2 Å². The average molecular weight is 1670 g/mol. The third-order valence-electron chi connectivity index (χ3n) is 17.8. The summed E-state index contributed by atoms with van der Waals surface area (Å²) in [6.45, 7) is 9.07. The van der Waals surface area contributed by atoms with Crippen molar-refractivity contribution in [3.8, 4) is 17.2 Å². The standard InChI is InChI=1S/2C20H19NO6.C16H15NO3.2C14H15NO5S.C2H6.CH4/c2*1-12(22)27-18-17(13-4-6-14(7-5-13)20(24)26-3)21(19(18)23)15-8-10-16(25-2)11-9-15;1-19-15-9-7-14(8-10-15)17-11-12-3-5-13(6-4-12)16(18)20-2;2*1-8(16)20-12-11(15(21-3)13(12)17)9-4-6-10(7-5-9)14(18)19-2;1-2;/h2*4-11,17-18H,1-3H3;3-11H,1-2H3;2*4-7,11-12H,1-3H3;1-2H3;1H4/t17-,18+;17-,18-;;11-,12+;11-,12-;;/m01.01../s1. The van der Waals surface area contributed by atoms with Crippen molar-refractivity contribution >= 4 is 125 Å². The molecule has 0 radical (unpaired) electrons. The van der Waals surface area contributed by atoms with Crippen molar-refractivity contribution in [1.82, 2.24) is 8.61 Å². The second kappa shape index (κ2) is 45.2. The first-order valence-electron chi connectivity index (χ1n) is 36.1. The number of hydrogen-bond acceptors (Lipinski definition) is 28. The molecule has 4 saturated heterocycles. The molecule has 4 heterocycles. The number of hydrogen-bond donors (Lipinski definition) is 0. The topological polar surface area (TPSA) is 358 Å². The number of aliphatic imine (C=N–C) groups is 1. The van der Waals surface area contributed by atoms with Gasteiger partial charge in [0.25, 0.3) is 23.6 Å². The summed E-state index contributed by atoms with van der Waals surface area (Å²) in [7, 11) is 11.4. The lowest BCUT2D eigenvalue weighted by Crippen LogP contribution is -2.60. The Balaban J connectivity index is 0.000000230. The highest BCUT2D eigenvalue weighted by atomic mass is 32.2. The number of β-lactam (4-membered cyclic amide) rings is 4. The molecular formula is C87H93N5O25S2. The van der Waals surface area contributed by atoms with Crippen molar-refractivity contribution in [3.63, 3.8) is 0 Å². The van der Waals surface area contributed by atoms with Crippen LogP contribution in [0.3, 0.4) is 0 Å². The first kappa shape index (κ1) is 94.5. The van der Waals surface area contributed by atoms with E-state index < -0.39 is 84.3 Å². The Kier molecular flexibility index (Phi) is 35.9. The fourth-order valence-electron chi connectivity index (χ4n) is 12.1. The maximum atomic E-state index is 12.6. The summed E-state index contributed by atoms with van der Waals surface area (Å²) in [5, 5.41) is 0. The van der Waals surface area contributed by atoms with Crippen LogP contribution in [0.25, 0.3) is 0 Å². The Morgan fingerprint density at radius 2 is 0.546 bits per heavy atom. The van der Waals surface area contributed by atoms with E-state index in [4.69, 9.17) is 42.6 Å². The Morgan fingerprint density at radius 3 is 0.773 bits per heavy atom. The van der Waals surface area contributed by atoms with E-state index in [1.54, 1.807) is 216 Å². The lowest BCUT2D eigenvalue weighted by Gasteiger charge is -2.46. The van der Waals surface area contributed by atoms with Gasteiger partial charge in [0.2, 0.25) is 24.4 Å². The fourth-order valence-corrected chi connectivity index (χ4v) is 13.6. The normalized spacial score (nSPS) is 17.5. The molecule has 32 heteroatoms. The summed E-state index contributed by atoms with van der Waals surface area (Å²) < 4.78 is 62.3. The Labute approximate surface area is 697 Å². The summed E-state index contributed by atoms with van der Waals surface area (Å²) >= 11 is 2.54. The molecular weight excluding hydrogens is 1580 g/mol. The van der Waals surface area contributed by atoms with Gasteiger partial charge < -0.3 is 56.8 Å². The predicted octanol–water partition coefficient (Wildman–Crippen LogP) is 13.0. The zero-order valence-corrected chi connectivity index (χ0v) is 69.1. The summed E-state index contributed by atoms with van der Waals surface area (Å²) in [6, 6.07) is 53.6. The SMILES string of the molecule is C.CC.COC(=O)c1ccc(C=Nc2ccc(OC)cc2)cc1.COC(=O)c1ccc([C@@H]2[C@@H](OC(C)=O)C(=O)N2SC)cc1.COC(=O)c1ccc([C@@H]2[C@@H](OC(C)=O)C(=O)N2c2ccc(OC)cc2)cc1.COC(=O)c1ccc([C@H]2[C@@H](OC(C)=O)C(=O)N2SC)cc1.COC(=O)c1ccc([C@H]2[C@@H](OC(C)=O)C(=O)N2c2ccc(OC)cc2)cc1. The number of carbonyl (C=O) groups excluding carboxylic acids is 13. The van der Waals surface area contributed by atoms with Gasteiger partial charge in [0.05, 0.1) is 90.4 Å². The molecule has 30 nitrogen and oxygen atoms in total. The van der Waals surface area contributed by atoms with Crippen molar-refractivity contribution < 1.29 is 119 Å². The van der Waals surface area contributed by atoms with Gasteiger partial charge in [0.1, 0.15) is 41.4 Å². The Hall–Kier alpha value is -13.4. The minimum Gasteiger partial charge on any atom is -0.497 e. The highest BCUT2D eigenvalue weighted by Crippen LogP contribution is 2.45. The van der Waals surface area contributed by atoms with Crippen LogP contribution in [-0.4, -0.2) is 186 Å². The van der Waals surface area contributed by atoms with Crippen LogP contribution < -0.4 is 24.0 Å². The van der Waals surface area contributed by atoms with Crippen molar-refractivity contribution in [3.05, 3.63) is 250 Å². The third kappa shape index (κ3) is 23.7. The molecule has 0 bridgehead atoms. The molecule has 4 aliphatic heterocycles. The highest BCUT2D eigenvalue weighted by molar-refractivity contribution is 7.97. The van der Waals surface area contributed by atoms with Crippen LogP contribution in [0.2, 0.25) is 0 Å². The van der Waals surface area contributed by atoms with E-state index in [0.717, 1.165) is 39.3 Å². The van der Waals surface area contributed by atoms with Gasteiger partial charge in [-0.05, 0) is 161 Å². The summed E-state index contributed by atoms with van der Waals surface area (Å²) in [5.41, 5.74) is 8.29. The van der Waals surface area contributed by atoms with E-state index in [1.165, 1.54) is 87.1 Å². The number of esters is 9. The first-order chi connectivity index (χ1) is 56.6. The van der Waals surface area contributed by atoms with Gasteiger partial charge in [-0.2, -0.15) is 0 Å². The predicted molar refractivity (Wildman–Crippen MR) is 442 cm³/mol. The molecule has 12 rings (SSSR count). The van der Waals surface area contributed by atoms with Gasteiger partial charge in [-0.3, -0.25) is 61.8 Å². The lowest BCUT2D eigenvalue weighted by molar-refractivity contribution is -0.173. The summed E-state index contributed by atoms with van der Waals surface area (Å²) in [4.78, 5) is 159. The van der Waals surface area contributed by atoms with E-state index in [0.29, 0.717) is 50.7 Å². The number of benzene rings is 8. The molecule has 8 aromatic carbocycles. The molecule has 0 aromatic heterocycles. The molecule has 0 spiro atoms. The first-order valence-corrected chi connectivity index (χ1v) is 38.5. The van der Waals surface area contributed by atoms with Crippen LogP contribution >= 0.6 is 23.9 Å². The van der Waals surface area contributed by atoms with E-state index in [-0.39, 0.29) is 49.1 Å². The summed E-state index contributed by atoms with van der Waals surface area (Å²) in [5.74, 6) is -3.10. The molecule has 628 valence electrons. The molecule has 8 atom stereocenters. The molecule has 4 aliphatic rings. The smallest absolute Gasteiger partial charge is 0.337 e. The zero-order chi connectivity index (χ0) is 86.6. The summed E-state index contributed by atoms with van der Waals surface area (Å²) in [6.07, 6.45) is 1.86. The van der Waals surface area contributed by atoms with Crippen LogP contribution in [0.4, 0.5) is 17.1 Å². The number of anilines is 2. The van der Waals surface area contributed by atoms with Crippen LogP contribution in [-0.2, 0) is 81.0 Å². The van der Waals surface area contributed by atoms with Crippen LogP contribution in [0.1, 0.15) is 153 Å². The fraction of sp³-hybridized carbons (Fsp3) is 0.287. The maximum Gasteiger partial charge on any atom is 0.337 e. The maximum absolute atomic E-state index is 12.6. The van der Waals surface area contributed by atoms with E-state index in [9.17, 15) is 62.3 Å². The van der Waals surface area contributed by atoms with Crippen LogP contribution in [0, 0.1) is 0 Å². The second-order valence-corrected chi connectivity index (χ2v) is 26.4. The Morgan fingerprint density at radius 1 is 0.319 bits per heavy atom. The minimum atomic E-state index is -0.909. The molecule has 8 aromatic rings. The minimum absolute atomic E-state index is 0. The van der Waals surface area contributed by atoms with E-state index >= 15 is 0 Å². The average Bonchev–Trinajstić information content (AvgIpc) is 0.754. The van der Waals surface area contributed by atoms with Gasteiger partial charge in [-0.25, -0.2) is 24.0 Å². The molecule has 0 N–H and O–H groups in total. The molecule has 0 aliphatic carbocycles. The van der Waals surface area contributed by atoms with Gasteiger partial charge in [0, 0.05) is 57.8 Å². The highest BCUT2D eigenvalue weighted by Gasteiger charge is 2.54. The lowest BCUT2D eigenvalue weighted by atomic mass is 9.89. The number of rotatable bonds is 22. The number of amides is 4. The number of nitrogens with zero attached hydrogens (tertiary/aromatic N) is 5. The molecule has 0 saturated carbocycles. The molecule has 4 amide bonds. The third-order valence-corrected chi connectivity index (χ3v) is 19.4. The molecule has 0 unspecified atom stereocenters. The van der Waals surface area contributed by atoms with Crippen molar-refractivity contribution in [2.45, 2.75) is 97.6 Å². The van der Waals surface area contributed by atoms with Crippen molar-refractivity contribution in [1.29, 1.82) is 0 Å². The second-order valence-electron chi connectivity index (χ2n) is 24.9. The van der Waals surface area contributed by atoms with Crippen molar-refractivity contribution in [2.75, 3.05) is 79.2 Å². The number of ether oxygens (including phenoxy) is 12. The molecule has 119 heavy (non-hydrogen) atoms. The van der Waals surface area contributed by atoms with Gasteiger partial charge in [-0.15, -0.1) is 0 Å². The monoisotopic (exact) mass is 1670 g/mol. The van der Waals surface area contributed by atoms with Crippen LogP contribution in [0.15, 0.2) is 199 Å². The Bertz CT molecular complexity index is 4630. The number of methoxy groups -OCH3 is 8. The largest absolute Gasteiger partial charge is 0.497 e. The van der Waals surface area contributed by atoms with Crippen molar-refractivity contribution in [2.24, 2.45) is 4.99 Å².